The lowest BCUT2D eigenvalue weighted by molar-refractivity contribution is -0.145. The van der Waals surface area contributed by atoms with Crippen LogP contribution in [0.25, 0.3) is 11.1 Å². The summed E-state index contributed by atoms with van der Waals surface area (Å²) in [7, 11) is 3.07. The summed E-state index contributed by atoms with van der Waals surface area (Å²) in [4.78, 5) is 13.6. The van der Waals surface area contributed by atoms with Crippen LogP contribution in [0, 0.1) is 17.7 Å². The Hall–Kier alpha value is -2.79. The van der Waals surface area contributed by atoms with E-state index in [1.807, 2.05) is 30.8 Å². The molecule has 1 heterocycles. The van der Waals surface area contributed by atoms with Crippen molar-refractivity contribution >= 4 is 17.7 Å². The molecule has 1 fully saturated rings. The summed E-state index contributed by atoms with van der Waals surface area (Å²) in [6, 6.07) is 19.9. The predicted octanol–water partition coefficient (Wildman–Crippen LogP) is 7.24. The quantitative estimate of drug-likeness (QED) is 0.327. The molecule has 182 valence electrons. The second-order valence-corrected chi connectivity index (χ2v) is 10.8. The average Bonchev–Trinajstić information content (AvgIpc) is 3.73. The van der Waals surface area contributed by atoms with Crippen LogP contribution in [0.15, 0.2) is 65.6 Å². The van der Waals surface area contributed by atoms with E-state index in [1.54, 1.807) is 19.2 Å². The molecule has 5 rings (SSSR count). The number of fused-ring (bicyclic) bond motifs is 1. The molecule has 0 radical (unpaired) electrons. The molecule has 35 heavy (non-hydrogen) atoms. The molecule has 3 nitrogen and oxygen atoms in total. The Balaban J connectivity index is 1.37. The van der Waals surface area contributed by atoms with Crippen LogP contribution in [-0.4, -0.2) is 25.9 Å². The number of benzene rings is 3. The number of methoxy groups -OCH3 is 2. The summed E-state index contributed by atoms with van der Waals surface area (Å²) in [5.74, 6) is 2.33. The molecule has 3 aromatic rings. The fourth-order valence-electron chi connectivity index (χ4n) is 5.38. The Kier molecular flexibility index (Phi) is 6.88. The summed E-state index contributed by atoms with van der Waals surface area (Å²) in [5, 5.41) is 0. The number of rotatable bonds is 7. The van der Waals surface area contributed by atoms with E-state index in [4.69, 9.17) is 9.47 Å². The average molecular weight is 491 g/mol. The van der Waals surface area contributed by atoms with Gasteiger partial charge in [0.2, 0.25) is 0 Å². The van der Waals surface area contributed by atoms with Crippen molar-refractivity contribution in [1.29, 1.82) is 0 Å². The van der Waals surface area contributed by atoms with Crippen LogP contribution in [0.1, 0.15) is 48.3 Å². The zero-order chi connectivity index (χ0) is 24.5. The molecular weight excluding hydrogens is 459 g/mol. The molecule has 3 atom stereocenters. The minimum absolute atomic E-state index is 0.126. The van der Waals surface area contributed by atoms with Crippen molar-refractivity contribution in [2.75, 3.05) is 20.0 Å². The molecule has 1 unspecified atom stereocenters. The predicted molar refractivity (Wildman–Crippen MR) is 139 cm³/mol. The number of hydrogen-bond acceptors (Lipinski definition) is 4. The van der Waals surface area contributed by atoms with E-state index in [-0.39, 0.29) is 23.6 Å². The maximum absolute atomic E-state index is 14.4. The van der Waals surface area contributed by atoms with Gasteiger partial charge in [-0.05, 0) is 83.5 Å². The Labute approximate surface area is 211 Å². The van der Waals surface area contributed by atoms with Gasteiger partial charge in [-0.1, -0.05) is 43.3 Å². The molecule has 1 saturated carbocycles. The van der Waals surface area contributed by atoms with Crippen LogP contribution in [0.5, 0.6) is 5.75 Å². The Morgan fingerprint density at radius 1 is 1.03 bits per heavy atom. The molecule has 0 aromatic heterocycles. The van der Waals surface area contributed by atoms with Gasteiger partial charge in [0, 0.05) is 16.2 Å². The van der Waals surface area contributed by atoms with Gasteiger partial charge in [-0.2, -0.15) is 0 Å². The summed E-state index contributed by atoms with van der Waals surface area (Å²) in [5.41, 5.74) is 5.28. The van der Waals surface area contributed by atoms with Crippen LogP contribution >= 0.6 is 11.8 Å². The van der Waals surface area contributed by atoms with Gasteiger partial charge in [-0.15, -0.1) is 11.8 Å². The van der Waals surface area contributed by atoms with Crippen molar-refractivity contribution in [2.45, 2.75) is 42.9 Å². The fourth-order valence-corrected chi connectivity index (χ4v) is 6.56. The van der Waals surface area contributed by atoms with Gasteiger partial charge in [0.25, 0.3) is 0 Å². The standard InChI is InChI=1S/C30H31FO3S/c1-18(30(32)34-3)29(21-8-9-21)22-10-13-28-23(14-22)15-24(17-35-28)19-4-6-20(7-5-19)26-16-25(33-2)11-12-27(26)31/h4-7,10-14,16,18,21,24,29H,8-9,15,17H2,1-3H3/t18-,24?,29-/m0/s1. The minimum atomic E-state index is -0.250. The van der Waals surface area contributed by atoms with Crippen LogP contribution in [0.4, 0.5) is 4.39 Å². The second kappa shape index (κ2) is 10.1. The number of hydrogen-bond donors (Lipinski definition) is 0. The number of ether oxygens (including phenoxy) is 2. The van der Waals surface area contributed by atoms with Gasteiger partial charge in [-0.3, -0.25) is 4.79 Å². The molecule has 0 N–H and O–H groups in total. The van der Waals surface area contributed by atoms with E-state index in [1.165, 1.54) is 47.6 Å². The third-order valence-electron chi connectivity index (χ3n) is 7.48. The van der Waals surface area contributed by atoms with Gasteiger partial charge in [-0.25, -0.2) is 4.39 Å². The van der Waals surface area contributed by atoms with Crippen molar-refractivity contribution in [1.82, 2.24) is 0 Å². The van der Waals surface area contributed by atoms with E-state index in [2.05, 4.69) is 30.3 Å². The van der Waals surface area contributed by atoms with Gasteiger partial charge in [0.05, 0.1) is 20.1 Å². The highest BCUT2D eigenvalue weighted by molar-refractivity contribution is 7.99. The number of carbonyl (C=O) groups excluding carboxylic acids is 1. The number of carbonyl (C=O) groups is 1. The maximum atomic E-state index is 14.4. The molecule has 0 saturated heterocycles. The largest absolute Gasteiger partial charge is 0.497 e. The van der Waals surface area contributed by atoms with Gasteiger partial charge in [0.15, 0.2) is 0 Å². The highest BCUT2D eigenvalue weighted by atomic mass is 32.2. The van der Waals surface area contributed by atoms with Crippen molar-refractivity contribution in [3.63, 3.8) is 0 Å². The molecule has 3 aromatic carbocycles. The topological polar surface area (TPSA) is 35.5 Å². The second-order valence-electron chi connectivity index (χ2n) is 9.72. The summed E-state index contributed by atoms with van der Waals surface area (Å²) < 4.78 is 24.8. The lowest BCUT2D eigenvalue weighted by Crippen LogP contribution is -2.23. The summed E-state index contributed by atoms with van der Waals surface area (Å²) >= 11 is 1.90. The van der Waals surface area contributed by atoms with E-state index in [9.17, 15) is 9.18 Å². The molecule has 0 spiro atoms. The normalized spacial score (nSPS) is 18.9. The molecule has 2 aliphatic rings. The minimum Gasteiger partial charge on any atom is -0.497 e. The molecule has 1 aliphatic carbocycles. The first-order valence-electron chi connectivity index (χ1n) is 12.3. The molecule has 0 bridgehead atoms. The lowest BCUT2D eigenvalue weighted by atomic mass is 9.82. The first-order chi connectivity index (χ1) is 17.0. The van der Waals surface area contributed by atoms with Crippen LogP contribution in [0.3, 0.4) is 0 Å². The van der Waals surface area contributed by atoms with Crippen LogP contribution in [0.2, 0.25) is 0 Å². The highest BCUT2D eigenvalue weighted by Crippen LogP contribution is 2.48. The Morgan fingerprint density at radius 3 is 2.49 bits per heavy atom. The molecular formula is C30H31FO3S. The van der Waals surface area contributed by atoms with Gasteiger partial charge >= 0.3 is 5.97 Å². The molecule has 1 aliphatic heterocycles. The maximum Gasteiger partial charge on any atom is 0.309 e. The first kappa shape index (κ1) is 23.9. The summed E-state index contributed by atoms with van der Waals surface area (Å²) in [6.07, 6.45) is 3.33. The number of esters is 1. The van der Waals surface area contributed by atoms with Gasteiger partial charge < -0.3 is 9.47 Å². The Morgan fingerprint density at radius 2 is 1.80 bits per heavy atom. The third-order valence-corrected chi connectivity index (χ3v) is 8.76. The van der Waals surface area contributed by atoms with Crippen molar-refractivity contribution in [3.05, 3.63) is 83.2 Å². The van der Waals surface area contributed by atoms with Gasteiger partial charge in [0.1, 0.15) is 11.6 Å². The summed E-state index contributed by atoms with van der Waals surface area (Å²) in [6.45, 7) is 2.00. The molecule has 5 heteroatoms. The zero-order valence-corrected chi connectivity index (χ0v) is 21.2. The first-order valence-corrected chi connectivity index (χ1v) is 13.2. The number of thioether (sulfide) groups is 1. The SMILES string of the molecule is COC(=O)[C@@H](C)[C@H](c1ccc2c(c1)CC(c1ccc(-c3cc(OC)ccc3F)cc1)CS2)C1CC1. The fraction of sp³-hybridized carbons (Fsp3) is 0.367. The zero-order valence-electron chi connectivity index (χ0n) is 20.4. The monoisotopic (exact) mass is 490 g/mol. The van der Waals surface area contributed by atoms with Crippen molar-refractivity contribution in [3.8, 4) is 16.9 Å². The van der Waals surface area contributed by atoms with E-state index >= 15 is 0 Å². The van der Waals surface area contributed by atoms with E-state index < -0.39 is 0 Å². The highest BCUT2D eigenvalue weighted by Gasteiger charge is 2.39. The Bertz CT molecular complexity index is 1220. The number of halogens is 1. The van der Waals surface area contributed by atoms with Crippen LogP contribution in [-0.2, 0) is 16.0 Å². The van der Waals surface area contributed by atoms with Crippen LogP contribution < -0.4 is 4.74 Å². The van der Waals surface area contributed by atoms with Crippen molar-refractivity contribution in [2.24, 2.45) is 11.8 Å². The third kappa shape index (κ3) is 4.97. The lowest BCUT2D eigenvalue weighted by Gasteiger charge is -2.28. The molecule has 0 amide bonds. The van der Waals surface area contributed by atoms with Crippen molar-refractivity contribution < 1.29 is 18.7 Å². The smallest absolute Gasteiger partial charge is 0.309 e. The van der Waals surface area contributed by atoms with E-state index in [0.29, 0.717) is 23.1 Å². The van der Waals surface area contributed by atoms with E-state index in [0.717, 1.165) is 17.7 Å².